The van der Waals surface area contributed by atoms with Gasteiger partial charge in [0, 0.05) is 25.0 Å². The fourth-order valence-electron chi connectivity index (χ4n) is 2.55. The Morgan fingerprint density at radius 2 is 1.82 bits per heavy atom. The second-order valence-corrected chi connectivity index (χ2v) is 5.23. The van der Waals surface area contributed by atoms with E-state index in [1.807, 2.05) is 27.7 Å². The number of aromatic hydroxyl groups is 1. The molecule has 0 fully saturated rings. The molecule has 0 saturated heterocycles. The van der Waals surface area contributed by atoms with E-state index in [0.717, 1.165) is 34.4 Å². The van der Waals surface area contributed by atoms with Gasteiger partial charge in [-0.15, -0.1) is 0 Å². The van der Waals surface area contributed by atoms with Crippen molar-refractivity contribution in [2.75, 3.05) is 6.61 Å². The minimum Gasteiger partial charge on any atom is -0.507 e. The molecule has 2 rings (SSSR count). The van der Waals surface area contributed by atoms with E-state index in [-0.39, 0.29) is 12.2 Å². The summed E-state index contributed by atoms with van der Waals surface area (Å²) in [7, 11) is 0. The number of hydrogen-bond acceptors (Lipinski definition) is 3. The summed E-state index contributed by atoms with van der Waals surface area (Å²) in [5, 5.41) is 19.1. The molecular formula is C14H20O3. The molecule has 17 heavy (non-hydrogen) atoms. The van der Waals surface area contributed by atoms with Crippen molar-refractivity contribution in [2.24, 2.45) is 0 Å². The molecule has 0 radical (unpaired) electrons. The van der Waals surface area contributed by atoms with Gasteiger partial charge in [-0.1, -0.05) is 0 Å². The van der Waals surface area contributed by atoms with Crippen molar-refractivity contribution < 1.29 is 14.9 Å². The van der Waals surface area contributed by atoms with E-state index in [4.69, 9.17) is 9.84 Å². The molecular weight excluding hydrogens is 216 g/mol. The number of rotatable bonds is 2. The summed E-state index contributed by atoms with van der Waals surface area (Å²) in [6, 6.07) is 0. The molecule has 0 aliphatic carbocycles. The smallest absolute Gasteiger partial charge is 0.127 e. The fourth-order valence-corrected chi connectivity index (χ4v) is 2.55. The van der Waals surface area contributed by atoms with E-state index in [9.17, 15) is 5.11 Å². The third kappa shape index (κ3) is 1.78. The number of aliphatic hydroxyl groups excluding tert-OH is 1. The minimum absolute atomic E-state index is 0.119. The van der Waals surface area contributed by atoms with E-state index < -0.39 is 0 Å². The number of aliphatic hydroxyl groups is 1. The molecule has 1 aliphatic rings. The molecule has 1 atom stereocenters. The van der Waals surface area contributed by atoms with Gasteiger partial charge in [0.2, 0.25) is 0 Å². The molecule has 0 aromatic heterocycles. The standard InChI is InChI=1S/C14H20O3/c1-8-9(2)13-11(10(3)12(8)16)7-14(4,17-13)5-6-15/h15-16H,5-7H2,1-4H3/t14-/m0/s1. The maximum atomic E-state index is 10.0. The van der Waals surface area contributed by atoms with Gasteiger partial charge in [-0.3, -0.25) is 0 Å². The van der Waals surface area contributed by atoms with Crippen LogP contribution in [0.4, 0.5) is 0 Å². The summed E-state index contributed by atoms with van der Waals surface area (Å²) in [4.78, 5) is 0. The van der Waals surface area contributed by atoms with Crippen LogP contribution in [0.25, 0.3) is 0 Å². The number of benzene rings is 1. The van der Waals surface area contributed by atoms with E-state index in [1.54, 1.807) is 0 Å². The van der Waals surface area contributed by atoms with Gasteiger partial charge in [0.15, 0.2) is 0 Å². The summed E-state index contributed by atoms with van der Waals surface area (Å²) in [5.41, 5.74) is 3.54. The highest BCUT2D eigenvalue weighted by atomic mass is 16.5. The SMILES string of the molecule is Cc1c(C)c2c(c(C)c1O)C[C@](C)(CCO)O2. The highest BCUT2D eigenvalue weighted by Gasteiger charge is 2.37. The third-order valence-corrected chi connectivity index (χ3v) is 3.88. The molecule has 1 aromatic carbocycles. The number of phenolic OH excluding ortho intramolecular Hbond substituents is 1. The number of phenols is 1. The van der Waals surface area contributed by atoms with Crippen LogP contribution in [0.15, 0.2) is 0 Å². The normalized spacial score (nSPS) is 22.4. The van der Waals surface area contributed by atoms with Crippen molar-refractivity contribution in [1.29, 1.82) is 0 Å². The molecule has 0 bridgehead atoms. The molecule has 3 nitrogen and oxygen atoms in total. The Hall–Kier alpha value is -1.22. The second kappa shape index (κ2) is 3.91. The van der Waals surface area contributed by atoms with Crippen molar-refractivity contribution >= 4 is 0 Å². The van der Waals surface area contributed by atoms with E-state index >= 15 is 0 Å². The average molecular weight is 236 g/mol. The molecule has 2 N–H and O–H groups in total. The first-order valence-electron chi connectivity index (χ1n) is 6.01. The Balaban J connectivity index is 2.52. The Kier molecular flexibility index (Phi) is 2.82. The molecule has 0 saturated carbocycles. The van der Waals surface area contributed by atoms with E-state index in [1.165, 1.54) is 0 Å². The predicted molar refractivity (Wildman–Crippen MR) is 66.8 cm³/mol. The van der Waals surface area contributed by atoms with Crippen LogP contribution in [0.3, 0.4) is 0 Å². The lowest BCUT2D eigenvalue weighted by Crippen LogP contribution is -2.31. The quantitative estimate of drug-likeness (QED) is 0.829. The predicted octanol–water partition coefficient (Wildman–Crippen LogP) is 2.39. The molecule has 1 aromatic rings. The van der Waals surface area contributed by atoms with E-state index in [0.29, 0.717) is 12.2 Å². The van der Waals surface area contributed by atoms with Crippen molar-refractivity contribution in [2.45, 2.75) is 46.1 Å². The van der Waals surface area contributed by atoms with Gasteiger partial charge < -0.3 is 14.9 Å². The number of fused-ring (bicyclic) bond motifs is 1. The topological polar surface area (TPSA) is 49.7 Å². The molecule has 1 aliphatic heterocycles. The van der Waals surface area contributed by atoms with Crippen LogP contribution in [-0.4, -0.2) is 22.4 Å². The maximum absolute atomic E-state index is 10.0. The molecule has 3 heteroatoms. The van der Waals surface area contributed by atoms with Gasteiger partial charge in [-0.2, -0.15) is 0 Å². The van der Waals surface area contributed by atoms with Crippen molar-refractivity contribution in [3.8, 4) is 11.5 Å². The first-order chi connectivity index (χ1) is 7.89. The zero-order valence-corrected chi connectivity index (χ0v) is 10.9. The van der Waals surface area contributed by atoms with E-state index in [2.05, 4.69) is 0 Å². The van der Waals surface area contributed by atoms with Crippen LogP contribution in [0.2, 0.25) is 0 Å². The maximum Gasteiger partial charge on any atom is 0.127 e. The first-order valence-corrected chi connectivity index (χ1v) is 6.01. The van der Waals surface area contributed by atoms with Crippen molar-refractivity contribution in [3.05, 3.63) is 22.3 Å². The third-order valence-electron chi connectivity index (χ3n) is 3.88. The first kappa shape index (κ1) is 12.2. The molecule has 94 valence electrons. The van der Waals surface area contributed by atoms with Crippen LogP contribution in [-0.2, 0) is 6.42 Å². The average Bonchev–Trinajstić information content (AvgIpc) is 2.62. The van der Waals surface area contributed by atoms with Crippen LogP contribution in [0.1, 0.15) is 35.6 Å². The largest absolute Gasteiger partial charge is 0.507 e. The Morgan fingerprint density at radius 3 is 2.41 bits per heavy atom. The summed E-state index contributed by atoms with van der Waals surface area (Å²) < 4.78 is 6.01. The zero-order chi connectivity index (χ0) is 12.8. The lowest BCUT2D eigenvalue weighted by atomic mass is 9.91. The van der Waals surface area contributed by atoms with Crippen LogP contribution < -0.4 is 4.74 Å². The molecule has 1 heterocycles. The van der Waals surface area contributed by atoms with Crippen LogP contribution in [0.5, 0.6) is 11.5 Å². The summed E-state index contributed by atoms with van der Waals surface area (Å²) in [6.07, 6.45) is 1.36. The number of hydrogen-bond donors (Lipinski definition) is 2. The van der Waals surface area contributed by atoms with Crippen molar-refractivity contribution in [1.82, 2.24) is 0 Å². The fraction of sp³-hybridized carbons (Fsp3) is 0.571. The second-order valence-electron chi connectivity index (χ2n) is 5.23. The van der Waals surface area contributed by atoms with Gasteiger partial charge in [0.1, 0.15) is 17.1 Å². The highest BCUT2D eigenvalue weighted by Crippen LogP contribution is 2.45. The monoisotopic (exact) mass is 236 g/mol. The highest BCUT2D eigenvalue weighted by molar-refractivity contribution is 5.59. The molecule has 0 spiro atoms. The lowest BCUT2D eigenvalue weighted by molar-refractivity contribution is 0.0805. The van der Waals surface area contributed by atoms with Crippen molar-refractivity contribution in [3.63, 3.8) is 0 Å². The minimum atomic E-state index is -0.340. The number of ether oxygens (including phenoxy) is 1. The summed E-state index contributed by atoms with van der Waals surface area (Å²) in [5.74, 6) is 1.27. The Labute approximate surface area is 102 Å². The van der Waals surface area contributed by atoms with Gasteiger partial charge in [0.05, 0.1) is 0 Å². The summed E-state index contributed by atoms with van der Waals surface area (Å²) in [6.45, 7) is 7.93. The lowest BCUT2D eigenvalue weighted by Gasteiger charge is -2.23. The van der Waals surface area contributed by atoms with Gasteiger partial charge in [-0.05, 0) is 44.4 Å². The molecule has 0 unspecified atom stereocenters. The van der Waals surface area contributed by atoms with Crippen LogP contribution >= 0.6 is 0 Å². The molecule has 0 amide bonds. The van der Waals surface area contributed by atoms with Gasteiger partial charge in [0.25, 0.3) is 0 Å². The van der Waals surface area contributed by atoms with Gasteiger partial charge in [-0.25, -0.2) is 0 Å². The Morgan fingerprint density at radius 1 is 1.18 bits per heavy atom. The van der Waals surface area contributed by atoms with Gasteiger partial charge >= 0.3 is 0 Å². The van der Waals surface area contributed by atoms with Crippen LogP contribution in [0, 0.1) is 20.8 Å². The summed E-state index contributed by atoms with van der Waals surface area (Å²) >= 11 is 0. The Bertz CT molecular complexity index is 426. The zero-order valence-electron chi connectivity index (χ0n) is 10.9.